The summed E-state index contributed by atoms with van der Waals surface area (Å²) >= 11 is 1.71. The zero-order chi connectivity index (χ0) is 16.8. The van der Waals surface area contributed by atoms with E-state index in [9.17, 15) is 5.11 Å². The molecule has 2 aromatic carbocycles. The van der Waals surface area contributed by atoms with E-state index in [-0.39, 0.29) is 5.75 Å². The van der Waals surface area contributed by atoms with Crippen LogP contribution in [0.3, 0.4) is 0 Å². The van der Waals surface area contributed by atoms with E-state index < -0.39 is 0 Å². The number of thiazole rings is 1. The number of aliphatic imine (C=N–C) groups is 1. The minimum absolute atomic E-state index is 0.187. The van der Waals surface area contributed by atoms with Crippen molar-refractivity contribution in [2.24, 2.45) is 4.99 Å². The number of hydrogen-bond acceptors (Lipinski definition) is 5. The van der Waals surface area contributed by atoms with Crippen molar-refractivity contribution in [1.29, 1.82) is 0 Å². The lowest BCUT2D eigenvalue weighted by Crippen LogP contribution is -1.95. The third-order valence-electron chi connectivity index (χ3n) is 3.50. The zero-order valence-corrected chi connectivity index (χ0v) is 14.4. The second-order valence-electron chi connectivity index (χ2n) is 5.43. The summed E-state index contributed by atoms with van der Waals surface area (Å²) in [5.74, 6) is 0.869. The van der Waals surface area contributed by atoms with Crippen LogP contribution in [-0.2, 0) is 6.42 Å². The summed E-state index contributed by atoms with van der Waals surface area (Å²) in [6.45, 7) is 3.34. The van der Waals surface area contributed by atoms with Gasteiger partial charge in [-0.3, -0.25) is 4.99 Å². The normalized spacial score (nSPS) is 11.4. The van der Waals surface area contributed by atoms with Gasteiger partial charge in [-0.1, -0.05) is 19.1 Å². The maximum absolute atomic E-state index is 10.0. The highest BCUT2D eigenvalue weighted by atomic mass is 32.1. The minimum Gasteiger partial charge on any atom is -0.507 e. The van der Waals surface area contributed by atoms with Gasteiger partial charge in [0.25, 0.3) is 0 Å². The number of benzene rings is 2. The number of phenols is 1. The van der Waals surface area contributed by atoms with Crippen molar-refractivity contribution in [3.05, 3.63) is 53.0 Å². The van der Waals surface area contributed by atoms with E-state index in [0.29, 0.717) is 24.5 Å². The number of nitrogens with zero attached hydrogens (tertiary/aromatic N) is 2. The Kier molecular flexibility index (Phi) is 5.43. The molecule has 0 amide bonds. The Morgan fingerprint density at radius 1 is 1.25 bits per heavy atom. The van der Waals surface area contributed by atoms with Gasteiger partial charge in [0.15, 0.2) is 0 Å². The Morgan fingerprint density at radius 3 is 2.92 bits per heavy atom. The minimum atomic E-state index is 0.187. The van der Waals surface area contributed by atoms with Gasteiger partial charge in [0, 0.05) is 30.8 Å². The lowest BCUT2D eigenvalue weighted by Gasteiger charge is -2.06. The van der Waals surface area contributed by atoms with Crippen LogP contribution in [-0.4, -0.2) is 29.5 Å². The Morgan fingerprint density at radius 2 is 2.12 bits per heavy atom. The van der Waals surface area contributed by atoms with E-state index in [0.717, 1.165) is 23.4 Å². The van der Waals surface area contributed by atoms with Gasteiger partial charge in [0.1, 0.15) is 11.5 Å². The molecule has 0 aliphatic rings. The van der Waals surface area contributed by atoms with Crippen molar-refractivity contribution in [1.82, 2.24) is 4.98 Å². The van der Waals surface area contributed by atoms with Crippen molar-refractivity contribution in [2.45, 2.75) is 19.8 Å². The fourth-order valence-corrected chi connectivity index (χ4v) is 3.25. The maximum Gasteiger partial charge on any atom is 0.128 e. The molecular formula is C19H20N2O2S. The van der Waals surface area contributed by atoms with Crippen molar-refractivity contribution in [3.8, 4) is 11.5 Å². The van der Waals surface area contributed by atoms with Crippen molar-refractivity contribution < 1.29 is 9.84 Å². The highest BCUT2D eigenvalue weighted by molar-refractivity contribution is 7.18. The monoisotopic (exact) mass is 340 g/mol. The van der Waals surface area contributed by atoms with Gasteiger partial charge in [-0.15, -0.1) is 11.3 Å². The van der Waals surface area contributed by atoms with E-state index in [1.165, 1.54) is 4.70 Å². The molecule has 0 aliphatic heterocycles. The fourth-order valence-electron chi connectivity index (χ4n) is 2.29. The molecule has 1 heterocycles. The summed E-state index contributed by atoms with van der Waals surface area (Å²) < 4.78 is 6.70. The second kappa shape index (κ2) is 7.93. The first kappa shape index (κ1) is 16.5. The maximum atomic E-state index is 10.0. The topological polar surface area (TPSA) is 54.7 Å². The Labute approximate surface area is 145 Å². The Hall–Kier alpha value is -2.40. The molecule has 0 unspecified atom stereocenters. The quantitative estimate of drug-likeness (QED) is 0.646. The predicted octanol–water partition coefficient (Wildman–Crippen LogP) is 4.45. The number of para-hydroxylation sites is 1. The lowest BCUT2D eigenvalue weighted by atomic mass is 10.2. The summed E-state index contributed by atoms with van der Waals surface area (Å²) in [5.41, 5.74) is 1.74. The Bertz CT molecular complexity index is 809. The summed E-state index contributed by atoms with van der Waals surface area (Å²) in [6.07, 6.45) is 3.44. The third-order valence-corrected chi connectivity index (χ3v) is 4.59. The number of phenolic OH excluding ortho intramolecular Hbond substituents is 1. The lowest BCUT2D eigenvalue weighted by molar-refractivity contribution is 0.315. The van der Waals surface area contributed by atoms with E-state index in [1.807, 2.05) is 37.3 Å². The van der Waals surface area contributed by atoms with Crippen LogP contribution < -0.4 is 4.74 Å². The van der Waals surface area contributed by atoms with E-state index in [4.69, 9.17) is 4.74 Å². The van der Waals surface area contributed by atoms with E-state index >= 15 is 0 Å². The first-order valence-electron chi connectivity index (χ1n) is 8.06. The van der Waals surface area contributed by atoms with Crippen LogP contribution >= 0.6 is 11.3 Å². The number of hydrogen-bond donors (Lipinski definition) is 1. The van der Waals surface area contributed by atoms with Crippen molar-refractivity contribution in [3.63, 3.8) is 0 Å². The van der Waals surface area contributed by atoms with Crippen molar-refractivity contribution >= 4 is 27.8 Å². The largest absolute Gasteiger partial charge is 0.507 e. The van der Waals surface area contributed by atoms with Crippen LogP contribution in [0.25, 0.3) is 10.2 Å². The molecule has 5 heteroatoms. The van der Waals surface area contributed by atoms with Crippen LogP contribution in [0.2, 0.25) is 0 Å². The predicted molar refractivity (Wildman–Crippen MR) is 99.7 cm³/mol. The Balaban J connectivity index is 1.57. The van der Waals surface area contributed by atoms with Gasteiger partial charge in [-0.2, -0.15) is 0 Å². The van der Waals surface area contributed by atoms with Gasteiger partial charge >= 0.3 is 0 Å². The molecule has 0 aliphatic carbocycles. The van der Waals surface area contributed by atoms with Crippen molar-refractivity contribution in [2.75, 3.05) is 13.2 Å². The smallest absolute Gasteiger partial charge is 0.128 e. The first-order chi connectivity index (χ1) is 11.8. The van der Waals surface area contributed by atoms with Crippen LogP contribution in [0.4, 0.5) is 0 Å². The summed E-state index contributed by atoms with van der Waals surface area (Å²) in [4.78, 5) is 8.99. The molecule has 0 atom stereocenters. The van der Waals surface area contributed by atoms with Gasteiger partial charge in [0.05, 0.1) is 21.8 Å². The van der Waals surface area contributed by atoms with E-state index in [1.54, 1.807) is 23.6 Å². The number of aromatic hydroxyl groups is 1. The average molecular weight is 340 g/mol. The summed E-state index contributed by atoms with van der Waals surface area (Å²) in [6, 6.07) is 13.4. The molecule has 0 spiro atoms. The zero-order valence-electron chi connectivity index (χ0n) is 13.6. The highest BCUT2D eigenvalue weighted by Crippen LogP contribution is 2.23. The molecule has 0 saturated carbocycles. The van der Waals surface area contributed by atoms with Crippen LogP contribution in [0.5, 0.6) is 11.5 Å². The third kappa shape index (κ3) is 4.11. The molecule has 0 radical (unpaired) electrons. The van der Waals surface area contributed by atoms with Crippen LogP contribution in [0.1, 0.15) is 23.9 Å². The molecule has 4 nitrogen and oxygen atoms in total. The summed E-state index contributed by atoms with van der Waals surface area (Å²) in [7, 11) is 0. The molecule has 1 aromatic heterocycles. The van der Waals surface area contributed by atoms with Gasteiger partial charge < -0.3 is 9.84 Å². The van der Waals surface area contributed by atoms with Gasteiger partial charge in [-0.25, -0.2) is 4.98 Å². The molecule has 124 valence electrons. The molecule has 3 aromatic rings. The van der Waals surface area contributed by atoms with E-state index in [2.05, 4.69) is 16.0 Å². The average Bonchev–Trinajstić information content (AvgIpc) is 3.01. The summed E-state index contributed by atoms with van der Waals surface area (Å²) in [5, 5.41) is 11.1. The molecule has 0 fully saturated rings. The second-order valence-corrected chi connectivity index (χ2v) is 6.54. The first-order valence-corrected chi connectivity index (χ1v) is 8.88. The molecule has 0 bridgehead atoms. The number of rotatable bonds is 7. The molecule has 3 rings (SSSR count). The number of fused-ring (bicyclic) bond motifs is 1. The van der Waals surface area contributed by atoms with Gasteiger partial charge in [0.2, 0.25) is 0 Å². The highest BCUT2D eigenvalue weighted by Gasteiger charge is 2.03. The van der Waals surface area contributed by atoms with Crippen LogP contribution in [0.15, 0.2) is 47.5 Å². The standard InChI is InChI=1S/C19H20N2O2S/c1-2-11-23-15-8-7-14(17(22)12-15)13-20-10-9-19-21-16-5-3-4-6-18(16)24-19/h3-8,12-13,22H,2,9-11H2,1H3. The SMILES string of the molecule is CCCOc1ccc(C=NCCc2nc3ccccc3s2)c(O)c1. The molecule has 0 saturated heterocycles. The van der Waals surface area contributed by atoms with Crippen LogP contribution in [0, 0.1) is 0 Å². The number of ether oxygens (including phenoxy) is 1. The van der Waals surface area contributed by atoms with Gasteiger partial charge in [-0.05, 0) is 30.7 Å². The number of aromatic nitrogens is 1. The fraction of sp³-hybridized carbons (Fsp3) is 0.263. The molecular weight excluding hydrogens is 320 g/mol. The molecule has 24 heavy (non-hydrogen) atoms. The molecule has 1 N–H and O–H groups in total.